The van der Waals surface area contributed by atoms with Gasteiger partial charge in [-0.3, -0.25) is 4.98 Å². The third-order valence-electron chi connectivity index (χ3n) is 4.78. The van der Waals surface area contributed by atoms with Crippen LogP contribution in [0, 0.1) is 0 Å². The SMILES string of the molecule is CN(C)C(=O)N1CCC[C@H](c2nc3ccc(-c4cccnc4)cn3n2)C1. The lowest BCUT2D eigenvalue weighted by atomic mass is 9.98. The minimum atomic E-state index is 0.0531. The van der Waals surface area contributed by atoms with E-state index in [2.05, 4.69) is 4.98 Å². The standard InChI is InChI=1S/C19H22N6O/c1-23(2)19(26)24-10-4-6-16(12-24)18-21-17-8-7-15(13-25(17)22-18)14-5-3-9-20-11-14/h3,5,7-9,11,13,16H,4,6,10,12H2,1-2H3/t16-/m0/s1. The van der Waals surface area contributed by atoms with Gasteiger partial charge < -0.3 is 9.80 Å². The van der Waals surface area contributed by atoms with Gasteiger partial charge in [0, 0.05) is 62.8 Å². The summed E-state index contributed by atoms with van der Waals surface area (Å²) in [5, 5.41) is 4.69. The number of hydrogen-bond acceptors (Lipinski definition) is 4. The van der Waals surface area contributed by atoms with Crippen molar-refractivity contribution in [2.75, 3.05) is 27.2 Å². The van der Waals surface area contributed by atoms with Gasteiger partial charge in [-0.2, -0.15) is 5.10 Å². The van der Waals surface area contributed by atoms with E-state index in [9.17, 15) is 4.79 Å². The summed E-state index contributed by atoms with van der Waals surface area (Å²) in [4.78, 5) is 24.6. The average molecular weight is 350 g/mol. The molecule has 26 heavy (non-hydrogen) atoms. The molecule has 2 amide bonds. The maximum absolute atomic E-state index is 12.2. The van der Waals surface area contributed by atoms with Gasteiger partial charge in [0.05, 0.1) is 0 Å². The molecular formula is C19H22N6O. The van der Waals surface area contributed by atoms with Crippen molar-refractivity contribution in [2.45, 2.75) is 18.8 Å². The van der Waals surface area contributed by atoms with E-state index in [1.54, 1.807) is 25.2 Å². The van der Waals surface area contributed by atoms with Gasteiger partial charge in [0.15, 0.2) is 11.5 Å². The lowest BCUT2D eigenvalue weighted by Gasteiger charge is -2.33. The average Bonchev–Trinajstić information content (AvgIpc) is 3.11. The van der Waals surface area contributed by atoms with Crippen LogP contribution < -0.4 is 0 Å². The second kappa shape index (κ2) is 6.74. The molecule has 1 aliphatic rings. The second-order valence-corrected chi connectivity index (χ2v) is 6.89. The van der Waals surface area contributed by atoms with Crippen LogP contribution in [0.5, 0.6) is 0 Å². The molecule has 4 rings (SSSR count). The van der Waals surface area contributed by atoms with E-state index in [1.807, 2.05) is 46.1 Å². The number of piperidine rings is 1. The van der Waals surface area contributed by atoms with Crippen molar-refractivity contribution in [1.29, 1.82) is 0 Å². The van der Waals surface area contributed by atoms with Gasteiger partial charge in [-0.05, 0) is 31.0 Å². The number of carbonyl (C=O) groups excluding carboxylic acids is 1. The van der Waals surface area contributed by atoms with Crippen LogP contribution in [0.1, 0.15) is 24.6 Å². The number of urea groups is 1. The molecular weight excluding hydrogens is 328 g/mol. The van der Waals surface area contributed by atoms with Gasteiger partial charge >= 0.3 is 6.03 Å². The number of hydrogen-bond donors (Lipinski definition) is 0. The molecule has 1 fully saturated rings. The smallest absolute Gasteiger partial charge is 0.319 e. The molecule has 3 aromatic heterocycles. The van der Waals surface area contributed by atoms with Gasteiger partial charge in [0.1, 0.15) is 0 Å². The molecule has 0 N–H and O–H groups in total. The Morgan fingerprint density at radius 2 is 2.12 bits per heavy atom. The minimum Gasteiger partial charge on any atom is -0.331 e. The monoisotopic (exact) mass is 350 g/mol. The van der Waals surface area contributed by atoms with Gasteiger partial charge in [-0.1, -0.05) is 6.07 Å². The Morgan fingerprint density at radius 1 is 1.23 bits per heavy atom. The Kier molecular flexibility index (Phi) is 4.28. The molecule has 3 aromatic rings. The molecule has 4 heterocycles. The number of nitrogens with zero attached hydrogens (tertiary/aromatic N) is 6. The number of amides is 2. The summed E-state index contributed by atoms with van der Waals surface area (Å²) >= 11 is 0. The summed E-state index contributed by atoms with van der Waals surface area (Å²) in [5.41, 5.74) is 2.92. The molecule has 0 radical (unpaired) electrons. The summed E-state index contributed by atoms with van der Waals surface area (Å²) in [5.74, 6) is 0.985. The molecule has 0 bridgehead atoms. The Balaban J connectivity index is 1.60. The van der Waals surface area contributed by atoms with Gasteiger partial charge in [-0.15, -0.1) is 0 Å². The van der Waals surface area contributed by atoms with E-state index in [0.717, 1.165) is 42.0 Å². The normalized spacial score (nSPS) is 17.5. The van der Waals surface area contributed by atoms with Crippen LogP contribution in [0.15, 0.2) is 42.9 Å². The van der Waals surface area contributed by atoms with E-state index in [0.29, 0.717) is 6.54 Å². The number of carbonyl (C=O) groups is 1. The van der Waals surface area contributed by atoms with Crippen molar-refractivity contribution in [2.24, 2.45) is 0 Å². The van der Waals surface area contributed by atoms with Crippen molar-refractivity contribution >= 4 is 11.7 Å². The number of rotatable bonds is 2. The number of pyridine rings is 2. The quantitative estimate of drug-likeness (QED) is 0.713. The van der Waals surface area contributed by atoms with Crippen LogP contribution in [-0.4, -0.2) is 62.6 Å². The molecule has 134 valence electrons. The van der Waals surface area contributed by atoms with Crippen molar-refractivity contribution in [3.63, 3.8) is 0 Å². The Labute approximate surface area is 152 Å². The Morgan fingerprint density at radius 3 is 2.88 bits per heavy atom. The van der Waals surface area contributed by atoms with Crippen molar-refractivity contribution in [1.82, 2.24) is 29.4 Å². The second-order valence-electron chi connectivity index (χ2n) is 6.89. The highest BCUT2D eigenvalue weighted by atomic mass is 16.2. The third kappa shape index (κ3) is 3.12. The highest BCUT2D eigenvalue weighted by molar-refractivity contribution is 5.74. The molecule has 1 saturated heterocycles. The molecule has 0 spiro atoms. The van der Waals surface area contributed by atoms with Crippen molar-refractivity contribution in [3.05, 3.63) is 48.7 Å². The number of likely N-dealkylation sites (tertiary alicyclic amines) is 1. The predicted octanol–water partition coefficient (Wildman–Crippen LogP) is 2.65. The first-order chi connectivity index (χ1) is 12.6. The van der Waals surface area contributed by atoms with Crippen LogP contribution in [-0.2, 0) is 0 Å². The topological polar surface area (TPSA) is 66.6 Å². The van der Waals surface area contributed by atoms with Crippen LogP contribution in [0.2, 0.25) is 0 Å². The van der Waals surface area contributed by atoms with Crippen molar-refractivity contribution < 1.29 is 4.79 Å². The molecule has 0 aliphatic carbocycles. The summed E-state index contributed by atoms with van der Waals surface area (Å²) in [6, 6.07) is 8.01. The predicted molar refractivity (Wildman–Crippen MR) is 98.8 cm³/mol. The molecule has 1 aliphatic heterocycles. The van der Waals surface area contributed by atoms with E-state index >= 15 is 0 Å². The van der Waals surface area contributed by atoms with Crippen LogP contribution in [0.3, 0.4) is 0 Å². The first-order valence-electron chi connectivity index (χ1n) is 8.85. The highest BCUT2D eigenvalue weighted by Gasteiger charge is 2.28. The van der Waals surface area contributed by atoms with E-state index < -0.39 is 0 Å². The van der Waals surface area contributed by atoms with Crippen LogP contribution in [0.25, 0.3) is 16.8 Å². The molecule has 0 saturated carbocycles. The van der Waals surface area contributed by atoms with E-state index in [1.165, 1.54) is 0 Å². The zero-order valence-electron chi connectivity index (χ0n) is 15.0. The Bertz CT molecular complexity index is 920. The molecule has 7 nitrogen and oxygen atoms in total. The zero-order valence-corrected chi connectivity index (χ0v) is 15.0. The highest BCUT2D eigenvalue weighted by Crippen LogP contribution is 2.26. The van der Waals surface area contributed by atoms with E-state index in [4.69, 9.17) is 10.1 Å². The maximum atomic E-state index is 12.2. The first-order valence-corrected chi connectivity index (χ1v) is 8.85. The van der Waals surface area contributed by atoms with E-state index in [-0.39, 0.29) is 11.9 Å². The molecule has 7 heteroatoms. The fourth-order valence-corrected chi connectivity index (χ4v) is 3.42. The first kappa shape index (κ1) is 16.5. The van der Waals surface area contributed by atoms with Gasteiger partial charge in [0.25, 0.3) is 0 Å². The summed E-state index contributed by atoms with van der Waals surface area (Å²) in [6.45, 7) is 1.47. The number of aromatic nitrogens is 4. The summed E-state index contributed by atoms with van der Waals surface area (Å²) < 4.78 is 1.82. The molecule has 0 aromatic carbocycles. The fraction of sp³-hybridized carbons (Fsp3) is 0.368. The largest absolute Gasteiger partial charge is 0.331 e. The lowest BCUT2D eigenvalue weighted by molar-refractivity contribution is 0.153. The lowest BCUT2D eigenvalue weighted by Crippen LogP contribution is -2.44. The van der Waals surface area contributed by atoms with Gasteiger partial charge in [-0.25, -0.2) is 14.3 Å². The molecule has 1 atom stereocenters. The fourth-order valence-electron chi connectivity index (χ4n) is 3.42. The van der Waals surface area contributed by atoms with Crippen LogP contribution in [0.4, 0.5) is 4.79 Å². The minimum absolute atomic E-state index is 0.0531. The Hall–Kier alpha value is -2.96. The van der Waals surface area contributed by atoms with Crippen molar-refractivity contribution in [3.8, 4) is 11.1 Å². The number of fused-ring (bicyclic) bond motifs is 1. The zero-order chi connectivity index (χ0) is 18.1. The van der Waals surface area contributed by atoms with Gasteiger partial charge in [0.2, 0.25) is 0 Å². The maximum Gasteiger partial charge on any atom is 0.319 e. The van der Waals surface area contributed by atoms with Crippen LogP contribution >= 0.6 is 0 Å². The molecule has 0 unspecified atom stereocenters. The summed E-state index contributed by atoms with van der Waals surface area (Å²) in [7, 11) is 3.57. The third-order valence-corrected chi connectivity index (χ3v) is 4.78. The summed E-state index contributed by atoms with van der Waals surface area (Å²) in [6.07, 6.45) is 7.56.